The first-order valence-electron chi connectivity index (χ1n) is 29.1. The molecule has 0 N–H and O–H groups in total. The Kier molecular flexibility index (Phi) is 9.94. The molecule has 0 radical (unpaired) electrons. The van der Waals surface area contributed by atoms with Gasteiger partial charge in [0.1, 0.15) is 0 Å². The smallest absolute Gasteiger partial charge is 0.252 e. The zero-order valence-electron chi connectivity index (χ0n) is 48.5. The molecule has 2 nitrogen and oxygen atoms in total. The standard InChI is InChI=1S/C75H71BN2S/c1-44-23-17-22-30-62(44)78-65-38-46(45-24-15-14-16-25-45)37-64-67(65)76(60-34-32-48-49-40-55-56(43-66(49)79-69(48)68(60)78)71(4,5)36-35-70(55,2)3)61-41-58-59(75(12,13)53-29-21-20-28-52(53)74(58,10)11)42-63(61)77(64)47-31-33-54-57(39-47)73(8,9)51-27-19-18-26-50(51)72(54,6)7/h14-34,37-43H,35-36H2,1-13H3. The summed E-state index contributed by atoms with van der Waals surface area (Å²) in [5.41, 5.74) is 29.0. The molecule has 390 valence electrons. The lowest BCUT2D eigenvalue weighted by molar-refractivity contribution is 0.332. The SMILES string of the molecule is Cc1ccccc1N1c2cc(-c3ccccc3)cc3c2B(c2cc4c(cc2N3c2ccc3c(c2)C(C)(C)c2ccccc2C3(C)C)C(C)(C)c2ccccc2C4(C)C)c2ccc3c(sc4cc5c(cc43)C(C)(C)CCC5(C)C)c21. The Morgan fingerprint density at radius 3 is 1.52 bits per heavy atom. The van der Waals surface area contributed by atoms with Crippen LogP contribution in [0.5, 0.6) is 0 Å². The molecule has 0 bridgehead atoms. The van der Waals surface area contributed by atoms with Crippen molar-refractivity contribution in [2.45, 2.75) is 135 Å². The summed E-state index contributed by atoms with van der Waals surface area (Å²) in [7, 11) is 0. The molecule has 10 aromatic rings. The van der Waals surface area contributed by atoms with Gasteiger partial charge >= 0.3 is 0 Å². The van der Waals surface area contributed by atoms with Crippen LogP contribution in [0.2, 0.25) is 0 Å². The molecule has 2 aliphatic heterocycles. The van der Waals surface area contributed by atoms with Crippen LogP contribution in [0.1, 0.15) is 157 Å². The first-order chi connectivity index (χ1) is 37.6. The van der Waals surface area contributed by atoms with Gasteiger partial charge in [-0.25, -0.2) is 0 Å². The van der Waals surface area contributed by atoms with Gasteiger partial charge < -0.3 is 9.80 Å². The van der Waals surface area contributed by atoms with E-state index < -0.39 is 0 Å². The summed E-state index contributed by atoms with van der Waals surface area (Å²) in [5.74, 6) is 0. The number of aryl methyl sites for hydroxylation is 1. The number of fused-ring (bicyclic) bond motifs is 13. The Morgan fingerprint density at radius 1 is 0.380 bits per heavy atom. The molecular weight excluding hydrogens is 972 g/mol. The fourth-order valence-electron chi connectivity index (χ4n) is 16.0. The van der Waals surface area contributed by atoms with E-state index in [2.05, 4.69) is 270 Å². The van der Waals surface area contributed by atoms with E-state index in [1.54, 1.807) is 0 Å². The number of benzene rings is 9. The quantitative estimate of drug-likeness (QED) is 0.163. The highest BCUT2D eigenvalue weighted by Gasteiger charge is 2.50. The summed E-state index contributed by atoms with van der Waals surface area (Å²) < 4.78 is 2.75. The molecule has 0 spiro atoms. The normalized spacial score (nSPS) is 18.6. The molecule has 0 saturated heterocycles. The van der Waals surface area contributed by atoms with Crippen molar-refractivity contribution in [3.63, 3.8) is 0 Å². The maximum absolute atomic E-state index is 2.71. The molecule has 9 aromatic carbocycles. The highest BCUT2D eigenvalue weighted by atomic mass is 32.1. The van der Waals surface area contributed by atoms with Crippen LogP contribution in [0, 0.1) is 6.92 Å². The molecule has 0 fully saturated rings. The molecule has 79 heavy (non-hydrogen) atoms. The third-order valence-corrected chi connectivity index (χ3v) is 21.9. The van der Waals surface area contributed by atoms with E-state index in [4.69, 9.17) is 0 Å². The molecule has 3 aliphatic carbocycles. The first kappa shape index (κ1) is 48.9. The van der Waals surface area contributed by atoms with Gasteiger partial charge in [0.05, 0.1) is 10.4 Å². The Bertz CT molecular complexity index is 4290. The van der Waals surface area contributed by atoms with Gasteiger partial charge in [-0.1, -0.05) is 204 Å². The Balaban J connectivity index is 1.09. The van der Waals surface area contributed by atoms with Crippen LogP contribution in [0.4, 0.5) is 34.1 Å². The third kappa shape index (κ3) is 6.53. The van der Waals surface area contributed by atoms with Gasteiger partial charge in [-0.3, -0.25) is 0 Å². The number of rotatable bonds is 3. The van der Waals surface area contributed by atoms with Crippen molar-refractivity contribution in [2.75, 3.05) is 9.80 Å². The topological polar surface area (TPSA) is 6.48 Å². The van der Waals surface area contributed by atoms with Crippen LogP contribution in [0.15, 0.2) is 170 Å². The molecule has 0 unspecified atom stereocenters. The molecule has 1 aromatic heterocycles. The van der Waals surface area contributed by atoms with Gasteiger partial charge in [0.25, 0.3) is 6.71 Å². The van der Waals surface area contributed by atoms with Crippen LogP contribution in [0.25, 0.3) is 31.3 Å². The lowest BCUT2D eigenvalue weighted by Gasteiger charge is -2.48. The van der Waals surface area contributed by atoms with Gasteiger partial charge in [0.2, 0.25) is 0 Å². The summed E-state index contributed by atoms with van der Waals surface area (Å²) in [4.78, 5) is 5.41. The number of hydrogen-bond acceptors (Lipinski definition) is 3. The summed E-state index contributed by atoms with van der Waals surface area (Å²) in [5, 5.41) is 2.74. The van der Waals surface area contributed by atoms with E-state index in [0.717, 1.165) is 0 Å². The molecule has 15 rings (SSSR count). The average molecular weight is 1040 g/mol. The van der Waals surface area contributed by atoms with E-state index in [-0.39, 0.29) is 39.2 Å². The van der Waals surface area contributed by atoms with E-state index in [1.807, 2.05) is 11.3 Å². The summed E-state index contributed by atoms with van der Waals surface area (Å²) in [6, 6.07) is 67.0. The third-order valence-electron chi connectivity index (χ3n) is 20.7. The minimum absolute atomic E-state index is 0.0571. The zero-order valence-corrected chi connectivity index (χ0v) is 49.3. The van der Waals surface area contributed by atoms with Crippen molar-refractivity contribution in [1.82, 2.24) is 0 Å². The van der Waals surface area contributed by atoms with Gasteiger partial charge in [-0.05, 0) is 168 Å². The molecule has 5 aliphatic rings. The van der Waals surface area contributed by atoms with Crippen molar-refractivity contribution in [3.05, 3.63) is 231 Å². The molecule has 4 heteroatoms. The molecule has 0 amide bonds. The summed E-state index contributed by atoms with van der Waals surface area (Å²) in [6.45, 7) is 31.7. The first-order valence-corrected chi connectivity index (χ1v) is 29.9. The van der Waals surface area contributed by atoms with E-state index in [1.165, 1.54) is 156 Å². The number of hydrogen-bond donors (Lipinski definition) is 0. The second kappa shape index (κ2) is 16.0. The van der Waals surface area contributed by atoms with Gasteiger partial charge in [-0.2, -0.15) is 0 Å². The molecule has 0 atom stereocenters. The highest BCUT2D eigenvalue weighted by molar-refractivity contribution is 7.26. The van der Waals surface area contributed by atoms with E-state index >= 15 is 0 Å². The minimum atomic E-state index is -0.247. The van der Waals surface area contributed by atoms with Gasteiger partial charge in [0.15, 0.2) is 0 Å². The summed E-state index contributed by atoms with van der Waals surface area (Å²) in [6.07, 6.45) is 2.38. The van der Waals surface area contributed by atoms with Gasteiger partial charge in [0, 0.05) is 65.6 Å². The second-order valence-corrected chi connectivity index (χ2v) is 28.7. The fraction of sp³-hybridized carbons (Fsp3) is 0.280. The zero-order chi connectivity index (χ0) is 54.7. The van der Waals surface area contributed by atoms with Crippen molar-refractivity contribution in [2.24, 2.45) is 0 Å². The van der Waals surface area contributed by atoms with Gasteiger partial charge in [-0.15, -0.1) is 11.3 Å². The van der Waals surface area contributed by atoms with Crippen molar-refractivity contribution in [3.8, 4) is 11.1 Å². The Labute approximate surface area is 473 Å². The predicted octanol–water partition coefficient (Wildman–Crippen LogP) is 18.4. The van der Waals surface area contributed by atoms with E-state index in [9.17, 15) is 0 Å². The fourth-order valence-corrected chi connectivity index (χ4v) is 17.3. The monoisotopic (exact) mass is 1040 g/mol. The number of thiophene rings is 1. The average Bonchev–Trinajstić information content (AvgIpc) is 3.33. The Morgan fingerprint density at radius 2 is 0.899 bits per heavy atom. The number of para-hydroxylation sites is 1. The van der Waals surface area contributed by atoms with E-state index in [0.29, 0.717) is 0 Å². The van der Waals surface area contributed by atoms with Crippen LogP contribution < -0.4 is 26.2 Å². The molecule has 0 saturated carbocycles. The van der Waals surface area contributed by atoms with Crippen molar-refractivity contribution < 1.29 is 0 Å². The molecular formula is C75H71BN2S. The Hall–Kier alpha value is -7.14. The lowest BCUT2D eigenvalue weighted by Crippen LogP contribution is -2.62. The van der Waals surface area contributed by atoms with Crippen molar-refractivity contribution in [1.29, 1.82) is 0 Å². The lowest BCUT2D eigenvalue weighted by atomic mass is 9.33. The predicted molar refractivity (Wildman–Crippen MR) is 340 cm³/mol. The minimum Gasteiger partial charge on any atom is -0.311 e. The maximum atomic E-state index is 2.71. The van der Waals surface area contributed by atoms with Crippen LogP contribution >= 0.6 is 11.3 Å². The number of anilines is 6. The number of nitrogens with zero attached hydrogens (tertiary/aromatic N) is 2. The van der Waals surface area contributed by atoms with Crippen LogP contribution in [-0.2, 0) is 32.5 Å². The van der Waals surface area contributed by atoms with Crippen molar-refractivity contribution >= 4 is 88.7 Å². The van der Waals surface area contributed by atoms with Crippen LogP contribution in [0.3, 0.4) is 0 Å². The second-order valence-electron chi connectivity index (χ2n) is 27.6. The highest BCUT2D eigenvalue weighted by Crippen LogP contribution is 2.57. The summed E-state index contributed by atoms with van der Waals surface area (Å²) >= 11 is 2.01. The van der Waals surface area contributed by atoms with Crippen LogP contribution in [-0.4, -0.2) is 6.71 Å². The largest absolute Gasteiger partial charge is 0.311 e. The molecule has 3 heterocycles. The maximum Gasteiger partial charge on any atom is 0.252 e.